The third-order valence-electron chi connectivity index (χ3n) is 4.65. The number of benzene rings is 1. The maximum atomic E-state index is 11.9. The van der Waals surface area contributed by atoms with Crippen LogP contribution < -0.4 is 10.6 Å². The summed E-state index contributed by atoms with van der Waals surface area (Å²) < 4.78 is 5.42. The van der Waals surface area contributed by atoms with Crippen molar-refractivity contribution in [3.8, 4) is 11.4 Å². The van der Waals surface area contributed by atoms with E-state index in [4.69, 9.17) is 16.1 Å². The lowest BCUT2D eigenvalue weighted by atomic mass is 9.86. The summed E-state index contributed by atoms with van der Waals surface area (Å²) in [5, 5.41) is 10.9. The molecular weight excluding hydrogens is 330 g/mol. The van der Waals surface area contributed by atoms with Crippen LogP contribution in [-0.4, -0.2) is 52.7 Å². The van der Waals surface area contributed by atoms with Crippen molar-refractivity contribution in [2.24, 2.45) is 0 Å². The van der Waals surface area contributed by atoms with Crippen LogP contribution in [0.4, 0.5) is 0 Å². The van der Waals surface area contributed by atoms with Crippen molar-refractivity contribution >= 4 is 17.5 Å². The fraction of sp³-hybridized carbons (Fsp3) is 0.438. The number of rotatable bonds is 3. The summed E-state index contributed by atoms with van der Waals surface area (Å²) in [6.45, 7) is 3.54. The highest BCUT2D eigenvalue weighted by molar-refractivity contribution is 6.30. The van der Waals surface area contributed by atoms with Gasteiger partial charge in [0, 0.05) is 43.2 Å². The second-order valence-corrected chi connectivity index (χ2v) is 6.73. The molecule has 3 heterocycles. The molecule has 2 aliphatic heterocycles. The third-order valence-corrected chi connectivity index (χ3v) is 4.88. The van der Waals surface area contributed by atoms with Crippen LogP contribution in [0.5, 0.6) is 0 Å². The van der Waals surface area contributed by atoms with Crippen molar-refractivity contribution in [2.45, 2.75) is 18.5 Å². The highest BCUT2D eigenvalue weighted by Gasteiger charge is 2.45. The normalized spacial score (nSPS) is 20.5. The highest BCUT2D eigenvalue weighted by Crippen LogP contribution is 2.28. The minimum Gasteiger partial charge on any atom is -0.355 e. The summed E-state index contributed by atoms with van der Waals surface area (Å²) >= 11 is 6.01. The summed E-state index contributed by atoms with van der Waals surface area (Å²) in [4.78, 5) is 18.6. The number of halogens is 1. The molecule has 1 aromatic carbocycles. The Morgan fingerprint density at radius 2 is 2.25 bits per heavy atom. The van der Waals surface area contributed by atoms with Crippen LogP contribution in [-0.2, 0) is 11.3 Å². The van der Waals surface area contributed by atoms with Crippen LogP contribution in [0.15, 0.2) is 28.8 Å². The van der Waals surface area contributed by atoms with Gasteiger partial charge in [-0.15, -0.1) is 0 Å². The first-order valence-electron chi connectivity index (χ1n) is 7.96. The molecule has 126 valence electrons. The first-order valence-corrected chi connectivity index (χ1v) is 8.33. The van der Waals surface area contributed by atoms with Gasteiger partial charge in [-0.1, -0.05) is 28.9 Å². The number of nitrogens with one attached hydrogen (secondary N) is 2. The fourth-order valence-corrected chi connectivity index (χ4v) is 3.47. The van der Waals surface area contributed by atoms with E-state index in [1.807, 2.05) is 18.2 Å². The van der Waals surface area contributed by atoms with Crippen molar-refractivity contribution in [1.82, 2.24) is 25.7 Å². The van der Waals surface area contributed by atoms with Gasteiger partial charge >= 0.3 is 0 Å². The Kier molecular flexibility index (Phi) is 3.99. The molecule has 1 spiro atoms. The van der Waals surface area contributed by atoms with E-state index in [1.54, 1.807) is 6.07 Å². The number of hydrogen-bond acceptors (Lipinski definition) is 6. The monoisotopic (exact) mass is 347 g/mol. The topological polar surface area (TPSA) is 83.3 Å². The Balaban J connectivity index is 1.54. The molecule has 2 N–H and O–H groups in total. The number of carbonyl (C=O) groups is 1. The summed E-state index contributed by atoms with van der Waals surface area (Å²) in [7, 11) is 0. The van der Waals surface area contributed by atoms with E-state index in [1.165, 1.54) is 0 Å². The lowest BCUT2D eigenvalue weighted by Gasteiger charge is -2.48. The van der Waals surface area contributed by atoms with Crippen LogP contribution in [0, 0.1) is 0 Å². The van der Waals surface area contributed by atoms with Gasteiger partial charge in [-0.3, -0.25) is 9.69 Å². The van der Waals surface area contributed by atoms with Crippen molar-refractivity contribution in [3.05, 3.63) is 35.2 Å². The molecule has 0 radical (unpaired) electrons. The van der Waals surface area contributed by atoms with Crippen LogP contribution >= 0.6 is 11.6 Å². The van der Waals surface area contributed by atoms with Crippen molar-refractivity contribution in [2.75, 3.05) is 26.2 Å². The summed E-state index contributed by atoms with van der Waals surface area (Å²) in [5.41, 5.74) is 0.677. The second-order valence-electron chi connectivity index (χ2n) is 6.30. The standard InChI is InChI=1S/C16H18ClN5O2/c17-12-3-1-2-11(6-12)15-20-14(24-21-15)8-22-5-4-19-13(23)7-16(22)9-18-10-16/h1-3,6,18H,4-5,7-10H2,(H,19,23). The van der Waals surface area contributed by atoms with Gasteiger partial charge in [0.2, 0.25) is 17.6 Å². The van der Waals surface area contributed by atoms with Gasteiger partial charge in [-0.25, -0.2) is 0 Å². The Labute approximate surface area is 144 Å². The Hall–Kier alpha value is -1.96. The number of carbonyl (C=O) groups excluding carboxylic acids is 1. The van der Waals surface area contributed by atoms with E-state index in [0.717, 1.165) is 25.2 Å². The largest absolute Gasteiger partial charge is 0.355 e. The molecule has 0 aliphatic carbocycles. The molecule has 2 aliphatic rings. The van der Waals surface area contributed by atoms with Gasteiger partial charge in [-0.2, -0.15) is 4.98 Å². The molecular formula is C16H18ClN5O2. The maximum absolute atomic E-state index is 11.9. The second kappa shape index (κ2) is 6.16. The predicted octanol–water partition coefficient (Wildman–Crippen LogP) is 1.05. The zero-order chi connectivity index (χ0) is 16.6. The SMILES string of the molecule is O=C1CC2(CNC2)N(Cc2nc(-c3cccc(Cl)c3)no2)CCN1. The van der Waals surface area contributed by atoms with Crippen molar-refractivity contribution in [1.29, 1.82) is 0 Å². The molecule has 0 atom stereocenters. The lowest BCUT2D eigenvalue weighted by Crippen LogP contribution is -2.69. The molecule has 2 saturated heterocycles. The highest BCUT2D eigenvalue weighted by atomic mass is 35.5. The zero-order valence-corrected chi connectivity index (χ0v) is 13.8. The summed E-state index contributed by atoms with van der Waals surface area (Å²) in [6.07, 6.45) is 0.495. The zero-order valence-electron chi connectivity index (χ0n) is 13.1. The number of amides is 1. The molecule has 1 aromatic heterocycles. The molecule has 0 bridgehead atoms. The molecule has 8 heteroatoms. The van der Waals surface area contributed by atoms with Crippen LogP contribution in [0.3, 0.4) is 0 Å². The van der Waals surface area contributed by atoms with Gasteiger partial charge in [0.1, 0.15) is 0 Å². The van der Waals surface area contributed by atoms with Crippen LogP contribution in [0.1, 0.15) is 12.3 Å². The van der Waals surface area contributed by atoms with E-state index >= 15 is 0 Å². The molecule has 24 heavy (non-hydrogen) atoms. The Morgan fingerprint density at radius 1 is 1.38 bits per heavy atom. The number of hydrogen-bond donors (Lipinski definition) is 2. The molecule has 0 saturated carbocycles. The van der Waals surface area contributed by atoms with Crippen LogP contribution in [0.25, 0.3) is 11.4 Å². The Bertz CT molecular complexity index is 758. The van der Waals surface area contributed by atoms with Gasteiger partial charge in [0.05, 0.1) is 12.1 Å². The average molecular weight is 348 g/mol. The first-order chi connectivity index (χ1) is 11.6. The third kappa shape index (κ3) is 2.90. The number of aromatic nitrogens is 2. The average Bonchev–Trinajstić information content (AvgIpc) is 2.91. The number of nitrogens with zero attached hydrogens (tertiary/aromatic N) is 3. The van der Waals surface area contributed by atoms with Crippen molar-refractivity contribution in [3.63, 3.8) is 0 Å². The van der Waals surface area contributed by atoms with Gasteiger partial charge in [0.25, 0.3) is 0 Å². The minimum atomic E-state index is -0.148. The first kappa shape index (κ1) is 15.6. The lowest BCUT2D eigenvalue weighted by molar-refractivity contribution is -0.123. The molecule has 2 fully saturated rings. The molecule has 4 rings (SSSR count). The van der Waals surface area contributed by atoms with Crippen molar-refractivity contribution < 1.29 is 9.32 Å². The molecule has 0 unspecified atom stereocenters. The van der Waals surface area contributed by atoms with E-state index in [2.05, 4.69) is 25.7 Å². The smallest absolute Gasteiger partial charge is 0.241 e. The van der Waals surface area contributed by atoms with Gasteiger partial charge in [-0.05, 0) is 12.1 Å². The summed E-state index contributed by atoms with van der Waals surface area (Å²) in [5.74, 6) is 1.17. The minimum absolute atomic E-state index is 0.101. The molecule has 7 nitrogen and oxygen atoms in total. The maximum Gasteiger partial charge on any atom is 0.241 e. The van der Waals surface area contributed by atoms with Gasteiger partial charge in [0.15, 0.2) is 0 Å². The molecule has 2 aromatic rings. The quantitative estimate of drug-likeness (QED) is 0.863. The van der Waals surface area contributed by atoms with E-state index in [9.17, 15) is 4.79 Å². The Morgan fingerprint density at radius 3 is 3.00 bits per heavy atom. The fourth-order valence-electron chi connectivity index (χ4n) is 3.28. The summed E-state index contributed by atoms with van der Waals surface area (Å²) in [6, 6.07) is 7.36. The predicted molar refractivity (Wildman–Crippen MR) is 88.4 cm³/mol. The van der Waals surface area contributed by atoms with Gasteiger partial charge < -0.3 is 15.2 Å². The van der Waals surface area contributed by atoms with Crippen LogP contribution in [0.2, 0.25) is 5.02 Å². The van der Waals surface area contributed by atoms with E-state index in [0.29, 0.717) is 36.2 Å². The van der Waals surface area contributed by atoms with E-state index < -0.39 is 0 Å². The van der Waals surface area contributed by atoms with E-state index in [-0.39, 0.29) is 11.4 Å². The molecule has 1 amide bonds.